The van der Waals surface area contributed by atoms with E-state index in [9.17, 15) is 10.1 Å². The third-order valence-electron chi connectivity index (χ3n) is 3.09. The molecule has 0 unspecified atom stereocenters. The Balaban J connectivity index is 2.19. The first-order chi connectivity index (χ1) is 10.0. The number of ether oxygens (including phenoxy) is 1. The van der Waals surface area contributed by atoms with Gasteiger partial charge >= 0.3 is 0 Å². The van der Waals surface area contributed by atoms with Crippen LogP contribution in [0.15, 0.2) is 36.4 Å². The van der Waals surface area contributed by atoms with Crippen LogP contribution in [0, 0.1) is 35.3 Å². The van der Waals surface area contributed by atoms with Crippen molar-refractivity contribution in [2.75, 3.05) is 0 Å². The summed E-state index contributed by atoms with van der Waals surface area (Å²) in [7, 11) is 0. The second-order valence-electron chi connectivity index (χ2n) is 4.77. The van der Waals surface area contributed by atoms with E-state index in [0.717, 1.165) is 16.7 Å². The van der Waals surface area contributed by atoms with E-state index in [4.69, 9.17) is 10.00 Å². The number of nitrogens with zero attached hydrogens (tertiary/aromatic N) is 2. The summed E-state index contributed by atoms with van der Waals surface area (Å²) in [6.45, 7) is 3.99. The zero-order valence-electron chi connectivity index (χ0n) is 11.8. The van der Waals surface area contributed by atoms with Gasteiger partial charge in [0, 0.05) is 12.1 Å². The molecule has 0 aliphatic heterocycles. The zero-order valence-corrected chi connectivity index (χ0v) is 11.8. The average Bonchev–Trinajstić information content (AvgIpc) is 2.46. The highest BCUT2D eigenvalue weighted by Crippen LogP contribution is 2.26. The fourth-order valence-electron chi connectivity index (χ4n) is 2.16. The third kappa shape index (κ3) is 3.37. The highest BCUT2D eigenvalue weighted by atomic mass is 16.6. The quantitative estimate of drug-likeness (QED) is 0.633. The smallest absolute Gasteiger partial charge is 0.269 e. The summed E-state index contributed by atoms with van der Waals surface area (Å²) in [6, 6.07) is 12.0. The Kier molecular flexibility index (Phi) is 4.19. The van der Waals surface area contributed by atoms with E-state index in [2.05, 4.69) is 6.07 Å². The van der Waals surface area contributed by atoms with Crippen LogP contribution < -0.4 is 4.74 Å². The molecule has 106 valence electrons. The van der Waals surface area contributed by atoms with Gasteiger partial charge in [0.15, 0.2) is 0 Å². The van der Waals surface area contributed by atoms with Crippen LogP contribution in [0.3, 0.4) is 0 Å². The highest BCUT2D eigenvalue weighted by molar-refractivity contribution is 5.47. The topological polar surface area (TPSA) is 76.2 Å². The molecule has 21 heavy (non-hydrogen) atoms. The van der Waals surface area contributed by atoms with Crippen LogP contribution in [0.1, 0.15) is 22.3 Å². The maximum absolute atomic E-state index is 10.7. The van der Waals surface area contributed by atoms with Gasteiger partial charge in [-0.2, -0.15) is 5.26 Å². The molecule has 0 radical (unpaired) electrons. The number of non-ortho nitro benzene ring substituents is 1. The molecule has 2 aromatic carbocycles. The van der Waals surface area contributed by atoms with E-state index >= 15 is 0 Å². The lowest BCUT2D eigenvalue weighted by atomic mass is 10.1. The summed E-state index contributed by atoms with van der Waals surface area (Å²) in [5, 5.41) is 19.7. The number of hydrogen-bond donors (Lipinski definition) is 0. The Labute approximate surface area is 122 Å². The highest BCUT2D eigenvalue weighted by Gasteiger charge is 2.09. The van der Waals surface area contributed by atoms with Gasteiger partial charge in [-0.05, 0) is 42.7 Å². The molecule has 0 saturated carbocycles. The van der Waals surface area contributed by atoms with Crippen LogP contribution in [0.5, 0.6) is 5.75 Å². The van der Waals surface area contributed by atoms with Crippen molar-refractivity contribution in [2.45, 2.75) is 20.5 Å². The van der Waals surface area contributed by atoms with Crippen molar-refractivity contribution in [1.29, 1.82) is 5.26 Å². The first kappa shape index (κ1) is 14.5. The first-order valence-electron chi connectivity index (χ1n) is 6.38. The largest absolute Gasteiger partial charge is 0.488 e. The molecule has 0 N–H and O–H groups in total. The van der Waals surface area contributed by atoms with Gasteiger partial charge in [-0.25, -0.2) is 0 Å². The lowest BCUT2D eigenvalue weighted by Crippen LogP contribution is -2.00. The summed E-state index contributed by atoms with van der Waals surface area (Å²) in [6.07, 6.45) is 0. The summed E-state index contributed by atoms with van der Waals surface area (Å²) in [5.41, 5.74) is 3.11. The van der Waals surface area contributed by atoms with Crippen molar-refractivity contribution in [2.24, 2.45) is 0 Å². The van der Waals surface area contributed by atoms with Crippen LogP contribution in [0.2, 0.25) is 0 Å². The standard InChI is InChI=1S/C16H14N2O3/c1-11-6-14(9-17)7-12(2)16(11)21-10-13-4-3-5-15(8-13)18(19)20/h3-8H,10H2,1-2H3. The number of nitriles is 1. The first-order valence-corrected chi connectivity index (χ1v) is 6.38. The van der Waals surface area contributed by atoms with Crippen molar-refractivity contribution in [1.82, 2.24) is 0 Å². The van der Waals surface area contributed by atoms with Crippen LogP contribution in [-0.4, -0.2) is 4.92 Å². The Morgan fingerprint density at radius 3 is 2.48 bits per heavy atom. The zero-order chi connectivity index (χ0) is 15.4. The van der Waals surface area contributed by atoms with E-state index in [1.54, 1.807) is 24.3 Å². The molecule has 0 heterocycles. The Bertz CT molecular complexity index is 710. The summed E-state index contributed by atoms with van der Waals surface area (Å²) < 4.78 is 5.76. The van der Waals surface area contributed by atoms with E-state index in [0.29, 0.717) is 11.3 Å². The van der Waals surface area contributed by atoms with E-state index in [-0.39, 0.29) is 12.3 Å². The number of aryl methyl sites for hydroxylation is 2. The summed E-state index contributed by atoms with van der Waals surface area (Å²) >= 11 is 0. The summed E-state index contributed by atoms with van der Waals surface area (Å²) in [5.74, 6) is 0.709. The number of benzene rings is 2. The number of nitro benzene ring substituents is 1. The summed E-state index contributed by atoms with van der Waals surface area (Å²) in [4.78, 5) is 10.3. The van der Waals surface area contributed by atoms with Crippen LogP contribution in [-0.2, 0) is 6.61 Å². The fraction of sp³-hybridized carbons (Fsp3) is 0.188. The second-order valence-corrected chi connectivity index (χ2v) is 4.77. The minimum absolute atomic E-state index is 0.0457. The lowest BCUT2D eigenvalue weighted by Gasteiger charge is -2.12. The molecule has 0 fully saturated rings. The van der Waals surface area contributed by atoms with Gasteiger partial charge in [-0.15, -0.1) is 0 Å². The molecule has 0 aromatic heterocycles. The molecule has 0 atom stereocenters. The Hall–Kier alpha value is -2.87. The van der Waals surface area contributed by atoms with Crippen molar-refractivity contribution < 1.29 is 9.66 Å². The predicted octanol–water partition coefficient (Wildman–Crippen LogP) is 3.66. The fourth-order valence-corrected chi connectivity index (χ4v) is 2.16. The predicted molar refractivity (Wildman–Crippen MR) is 78.1 cm³/mol. The van der Waals surface area contributed by atoms with Crippen molar-refractivity contribution in [3.05, 3.63) is 68.8 Å². The van der Waals surface area contributed by atoms with Gasteiger partial charge < -0.3 is 4.74 Å². The molecule has 0 saturated heterocycles. The molecule has 2 aromatic rings. The maximum Gasteiger partial charge on any atom is 0.269 e. The molecule has 0 aliphatic rings. The van der Waals surface area contributed by atoms with Gasteiger partial charge in [0.05, 0.1) is 16.6 Å². The molecule has 5 nitrogen and oxygen atoms in total. The minimum atomic E-state index is -0.429. The Morgan fingerprint density at radius 2 is 1.90 bits per heavy atom. The molecule has 0 aliphatic carbocycles. The van der Waals surface area contributed by atoms with E-state index < -0.39 is 4.92 Å². The van der Waals surface area contributed by atoms with Crippen molar-refractivity contribution >= 4 is 5.69 Å². The lowest BCUT2D eigenvalue weighted by molar-refractivity contribution is -0.384. The maximum atomic E-state index is 10.7. The normalized spacial score (nSPS) is 9.95. The molecular weight excluding hydrogens is 268 g/mol. The molecule has 0 bridgehead atoms. The molecule has 5 heteroatoms. The Morgan fingerprint density at radius 1 is 1.24 bits per heavy atom. The van der Waals surface area contributed by atoms with Crippen molar-refractivity contribution in [3.63, 3.8) is 0 Å². The second kappa shape index (κ2) is 6.06. The van der Waals surface area contributed by atoms with E-state index in [1.165, 1.54) is 12.1 Å². The van der Waals surface area contributed by atoms with Crippen LogP contribution in [0.25, 0.3) is 0 Å². The van der Waals surface area contributed by atoms with Crippen LogP contribution >= 0.6 is 0 Å². The molecule has 0 spiro atoms. The van der Waals surface area contributed by atoms with E-state index in [1.807, 2.05) is 13.8 Å². The number of hydrogen-bond acceptors (Lipinski definition) is 4. The average molecular weight is 282 g/mol. The monoisotopic (exact) mass is 282 g/mol. The number of nitro groups is 1. The van der Waals surface area contributed by atoms with Gasteiger partial charge in [0.2, 0.25) is 0 Å². The van der Waals surface area contributed by atoms with Gasteiger partial charge in [0.25, 0.3) is 5.69 Å². The minimum Gasteiger partial charge on any atom is -0.488 e. The molecular formula is C16H14N2O3. The number of rotatable bonds is 4. The van der Waals surface area contributed by atoms with Crippen LogP contribution in [0.4, 0.5) is 5.69 Å². The van der Waals surface area contributed by atoms with Gasteiger partial charge in [0.1, 0.15) is 12.4 Å². The molecule has 2 rings (SSSR count). The third-order valence-corrected chi connectivity index (χ3v) is 3.09. The van der Waals surface area contributed by atoms with Gasteiger partial charge in [-0.1, -0.05) is 12.1 Å². The SMILES string of the molecule is Cc1cc(C#N)cc(C)c1OCc1cccc([N+](=O)[O-])c1. The van der Waals surface area contributed by atoms with Crippen molar-refractivity contribution in [3.8, 4) is 11.8 Å². The molecule has 0 amide bonds. The van der Waals surface area contributed by atoms with Gasteiger partial charge in [-0.3, -0.25) is 10.1 Å².